The molecule has 2 amide bonds. The molecule has 2 N–H and O–H groups in total. The van der Waals surface area contributed by atoms with Crippen molar-refractivity contribution >= 4 is 17.9 Å². The van der Waals surface area contributed by atoms with Crippen molar-refractivity contribution in [1.29, 1.82) is 0 Å². The third-order valence-corrected chi connectivity index (χ3v) is 5.76. The van der Waals surface area contributed by atoms with Crippen LogP contribution in [0.15, 0.2) is 54.0 Å². The summed E-state index contributed by atoms with van der Waals surface area (Å²) >= 11 is 0. The molecule has 34 heavy (non-hydrogen) atoms. The van der Waals surface area contributed by atoms with Gasteiger partial charge in [0.1, 0.15) is 5.75 Å². The lowest BCUT2D eigenvalue weighted by Crippen LogP contribution is -2.52. The number of hydrogen-bond acceptors (Lipinski definition) is 8. The molecule has 1 fully saturated rings. The highest BCUT2D eigenvalue weighted by atomic mass is 16.5. The molecule has 10 heteroatoms. The van der Waals surface area contributed by atoms with Gasteiger partial charge in [0, 0.05) is 50.8 Å². The molecule has 2 aromatic rings. The predicted molar refractivity (Wildman–Crippen MR) is 126 cm³/mol. The number of carbonyl (C=O) groups is 2. The lowest BCUT2D eigenvalue weighted by Gasteiger charge is -2.37. The fourth-order valence-corrected chi connectivity index (χ4v) is 4.15. The van der Waals surface area contributed by atoms with Crippen LogP contribution in [0.2, 0.25) is 0 Å². The van der Waals surface area contributed by atoms with Gasteiger partial charge in [0.2, 0.25) is 5.95 Å². The van der Waals surface area contributed by atoms with Crippen LogP contribution in [0.3, 0.4) is 0 Å². The molecule has 2 aliphatic heterocycles. The Balaban J connectivity index is 1.55. The number of aromatic nitrogens is 2. The smallest absolute Gasteiger partial charge is 0.338 e. The van der Waals surface area contributed by atoms with Crippen molar-refractivity contribution in [2.45, 2.75) is 19.9 Å². The van der Waals surface area contributed by atoms with E-state index in [0.717, 1.165) is 37.5 Å². The van der Waals surface area contributed by atoms with Crippen LogP contribution < -0.4 is 20.3 Å². The summed E-state index contributed by atoms with van der Waals surface area (Å²) in [7, 11) is 0. The second-order valence-corrected chi connectivity index (χ2v) is 7.96. The third kappa shape index (κ3) is 5.45. The summed E-state index contributed by atoms with van der Waals surface area (Å²) < 4.78 is 10.9. The summed E-state index contributed by atoms with van der Waals surface area (Å²) in [5.41, 5.74) is 1.76. The van der Waals surface area contributed by atoms with E-state index < -0.39 is 12.0 Å². The molecule has 3 heterocycles. The number of esters is 1. The van der Waals surface area contributed by atoms with Crippen molar-refractivity contribution in [3.63, 3.8) is 0 Å². The average molecular weight is 467 g/mol. The molecule has 0 unspecified atom stereocenters. The Kier molecular flexibility index (Phi) is 7.58. The van der Waals surface area contributed by atoms with E-state index in [-0.39, 0.29) is 12.6 Å². The van der Waals surface area contributed by atoms with Crippen LogP contribution in [-0.2, 0) is 9.53 Å². The zero-order valence-electron chi connectivity index (χ0n) is 19.5. The lowest BCUT2D eigenvalue weighted by atomic mass is 9.94. The first kappa shape index (κ1) is 23.5. The summed E-state index contributed by atoms with van der Waals surface area (Å²) in [6.45, 7) is 7.91. The van der Waals surface area contributed by atoms with Crippen molar-refractivity contribution in [3.05, 3.63) is 59.6 Å². The van der Waals surface area contributed by atoms with Crippen molar-refractivity contribution < 1.29 is 19.1 Å². The van der Waals surface area contributed by atoms with Gasteiger partial charge in [0.05, 0.1) is 24.8 Å². The highest BCUT2D eigenvalue weighted by molar-refractivity contribution is 5.95. The number of nitrogens with zero attached hydrogens (tertiary/aromatic N) is 4. The Bertz CT molecular complexity index is 1020. The number of benzene rings is 1. The summed E-state index contributed by atoms with van der Waals surface area (Å²) in [5.74, 6) is 0.994. The molecule has 0 spiro atoms. The van der Waals surface area contributed by atoms with E-state index in [1.807, 2.05) is 31.2 Å². The maximum absolute atomic E-state index is 13.0. The van der Waals surface area contributed by atoms with E-state index in [2.05, 4.69) is 30.4 Å². The van der Waals surface area contributed by atoms with Crippen LogP contribution in [0.5, 0.6) is 5.75 Å². The average Bonchev–Trinajstić information content (AvgIpc) is 2.85. The van der Waals surface area contributed by atoms with Gasteiger partial charge in [0.25, 0.3) is 0 Å². The number of hydrogen-bond donors (Lipinski definition) is 2. The van der Waals surface area contributed by atoms with Gasteiger partial charge in [-0.05, 0) is 37.6 Å². The summed E-state index contributed by atoms with van der Waals surface area (Å²) in [6.07, 6.45) is 3.47. The largest absolute Gasteiger partial charge is 0.494 e. The Morgan fingerprint density at radius 3 is 2.41 bits per heavy atom. The SMILES string of the molecule is CCOC(=O)C1=C(CN2CCN(c3ncccn3)CC2)NC(=O)N[C@@H]1c1ccc(OCC)cc1. The molecule has 0 radical (unpaired) electrons. The molecular formula is C24H30N6O4. The molecule has 1 saturated heterocycles. The Morgan fingerprint density at radius 1 is 1.06 bits per heavy atom. The Hall–Kier alpha value is -3.66. The van der Waals surface area contributed by atoms with Crippen LogP contribution in [0.4, 0.5) is 10.7 Å². The van der Waals surface area contributed by atoms with Gasteiger partial charge in [-0.3, -0.25) is 4.90 Å². The standard InChI is InChI=1S/C24H30N6O4/c1-3-33-18-8-6-17(7-9-18)21-20(22(31)34-4-2)19(27-24(32)28-21)16-29-12-14-30(15-13-29)23-25-10-5-11-26-23/h5-11,21H,3-4,12-16H2,1-2H3,(H2,27,28,32)/t21-/m1/s1. The highest BCUT2D eigenvalue weighted by Crippen LogP contribution is 2.29. The first-order chi connectivity index (χ1) is 16.6. The molecule has 180 valence electrons. The van der Waals surface area contributed by atoms with E-state index in [1.54, 1.807) is 25.4 Å². The van der Waals surface area contributed by atoms with Gasteiger partial charge in [-0.1, -0.05) is 12.1 Å². The van der Waals surface area contributed by atoms with Crippen LogP contribution >= 0.6 is 0 Å². The summed E-state index contributed by atoms with van der Waals surface area (Å²) in [5, 5.41) is 5.73. The normalized spacial score (nSPS) is 18.8. The molecule has 0 aliphatic carbocycles. The number of ether oxygens (including phenoxy) is 2. The van der Waals surface area contributed by atoms with E-state index in [1.165, 1.54) is 0 Å². The highest BCUT2D eigenvalue weighted by Gasteiger charge is 2.34. The van der Waals surface area contributed by atoms with Gasteiger partial charge in [-0.25, -0.2) is 19.6 Å². The van der Waals surface area contributed by atoms with Crippen LogP contribution in [0.25, 0.3) is 0 Å². The Morgan fingerprint density at radius 2 is 1.76 bits per heavy atom. The summed E-state index contributed by atoms with van der Waals surface area (Å²) in [6, 6.07) is 8.22. The summed E-state index contributed by atoms with van der Waals surface area (Å²) in [4.78, 5) is 38.5. The zero-order valence-corrected chi connectivity index (χ0v) is 19.5. The number of nitrogens with one attached hydrogen (secondary N) is 2. The Labute approximate surface area is 199 Å². The number of anilines is 1. The lowest BCUT2D eigenvalue weighted by molar-refractivity contribution is -0.139. The molecule has 2 aliphatic rings. The van der Waals surface area contributed by atoms with Gasteiger partial charge in [-0.2, -0.15) is 0 Å². The fraction of sp³-hybridized carbons (Fsp3) is 0.417. The minimum atomic E-state index is -0.613. The third-order valence-electron chi connectivity index (χ3n) is 5.76. The molecule has 0 saturated carbocycles. The number of rotatable bonds is 8. The maximum atomic E-state index is 13.0. The van der Waals surface area contributed by atoms with Crippen LogP contribution in [0.1, 0.15) is 25.5 Å². The number of carbonyl (C=O) groups excluding carboxylic acids is 2. The van der Waals surface area contributed by atoms with Gasteiger partial charge >= 0.3 is 12.0 Å². The number of amides is 2. The molecule has 4 rings (SSSR count). The zero-order chi connectivity index (χ0) is 23.9. The number of urea groups is 1. The van der Waals surface area contributed by atoms with Crippen molar-refractivity contribution in [2.24, 2.45) is 0 Å². The van der Waals surface area contributed by atoms with Crippen molar-refractivity contribution in [2.75, 3.05) is 50.8 Å². The van der Waals surface area contributed by atoms with E-state index in [0.29, 0.717) is 30.4 Å². The molecule has 1 aromatic heterocycles. The van der Waals surface area contributed by atoms with Gasteiger partial charge < -0.3 is 25.0 Å². The number of piperazine rings is 1. The quantitative estimate of drug-likeness (QED) is 0.568. The first-order valence-corrected chi connectivity index (χ1v) is 11.5. The molecule has 1 atom stereocenters. The van der Waals surface area contributed by atoms with Gasteiger partial charge in [0.15, 0.2) is 0 Å². The maximum Gasteiger partial charge on any atom is 0.338 e. The second kappa shape index (κ2) is 11.0. The molecular weight excluding hydrogens is 436 g/mol. The van der Waals surface area contributed by atoms with Crippen molar-refractivity contribution in [1.82, 2.24) is 25.5 Å². The first-order valence-electron chi connectivity index (χ1n) is 11.5. The van der Waals surface area contributed by atoms with Crippen LogP contribution in [0, 0.1) is 0 Å². The topological polar surface area (TPSA) is 109 Å². The van der Waals surface area contributed by atoms with E-state index in [9.17, 15) is 9.59 Å². The molecule has 10 nitrogen and oxygen atoms in total. The van der Waals surface area contributed by atoms with E-state index >= 15 is 0 Å². The fourth-order valence-electron chi connectivity index (χ4n) is 4.15. The van der Waals surface area contributed by atoms with Crippen LogP contribution in [-0.4, -0.2) is 72.8 Å². The minimum Gasteiger partial charge on any atom is -0.494 e. The van der Waals surface area contributed by atoms with Gasteiger partial charge in [-0.15, -0.1) is 0 Å². The monoisotopic (exact) mass is 466 g/mol. The second-order valence-electron chi connectivity index (χ2n) is 7.96. The minimum absolute atomic E-state index is 0.245. The van der Waals surface area contributed by atoms with Crippen molar-refractivity contribution in [3.8, 4) is 5.75 Å². The predicted octanol–water partition coefficient (Wildman–Crippen LogP) is 1.87. The molecule has 0 bridgehead atoms. The molecule has 1 aromatic carbocycles. The van der Waals surface area contributed by atoms with E-state index in [4.69, 9.17) is 9.47 Å².